The zero-order chi connectivity index (χ0) is 17.0. The average Bonchev–Trinajstić information content (AvgIpc) is 2.51. The maximum absolute atomic E-state index is 13.3. The maximum atomic E-state index is 13.3. The molecule has 4 nitrogen and oxygen atoms in total. The second kappa shape index (κ2) is 7.11. The van der Waals surface area contributed by atoms with Gasteiger partial charge in [-0.1, -0.05) is 25.3 Å². The highest BCUT2D eigenvalue weighted by Gasteiger charge is 2.34. The van der Waals surface area contributed by atoms with Crippen molar-refractivity contribution in [1.82, 2.24) is 10.4 Å². The lowest BCUT2D eigenvalue weighted by atomic mass is 9.87. The van der Waals surface area contributed by atoms with E-state index >= 15 is 0 Å². The fourth-order valence-electron chi connectivity index (χ4n) is 2.88. The smallest absolute Gasteiger partial charge is 0.269 e. The van der Waals surface area contributed by atoms with Crippen LogP contribution in [0.5, 0.6) is 0 Å². The molecule has 1 aliphatic carbocycles. The molecule has 1 aromatic rings. The number of carbonyl (C=O) groups excluding carboxylic acids is 2. The number of benzene rings is 1. The van der Waals surface area contributed by atoms with E-state index in [0.29, 0.717) is 0 Å². The first kappa shape index (κ1) is 17.4. The van der Waals surface area contributed by atoms with Gasteiger partial charge in [-0.2, -0.15) is 0 Å². The Morgan fingerprint density at radius 1 is 1.17 bits per heavy atom. The minimum absolute atomic E-state index is 0.0456. The molecule has 0 heterocycles. The molecule has 0 aliphatic heterocycles. The number of hydrogen-bond donors (Lipinski definition) is 1. The van der Waals surface area contributed by atoms with Crippen LogP contribution in [0.15, 0.2) is 24.3 Å². The van der Waals surface area contributed by atoms with Crippen LogP contribution in [0, 0.1) is 11.7 Å². The fraction of sp³-hybridized carbons (Fsp3) is 0.556. The van der Waals surface area contributed by atoms with Crippen LogP contribution in [0.3, 0.4) is 0 Å². The van der Waals surface area contributed by atoms with E-state index in [1.807, 2.05) is 20.8 Å². The van der Waals surface area contributed by atoms with Crippen molar-refractivity contribution in [2.24, 2.45) is 5.92 Å². The molecule has 0 radical (unpaired) electrons. The van der Waals surface area contributed by atoms with Crippen LogP contribution in [-0.4, -0.2) is 22.4 Å². The summed E-state index contributed by atoms with van der Waals surface area (Å²) >= 11 is 0. The van der Waals surface area contributed by atoms with E-state index in [2.05, 4.69) is 5.43 Å². The molecule has 1 aliphatic rings. The quantitative estimate of drug-likeness (QED) is 0.845. The van der Waals surface area contributed by atoms with E-state index < -0.39 is 17.3 Å². The standard InChI is InChI=1S/C18H25FN2O2/c1-18(2,3)21(17(23)13-8-5-4-6-9-13)20-16(22)14-10-7-11-15(19)12-14/h7,10-13H,4-6,8-9H2,1-3H3,(H,20,22). The van der Waals surface area contributed by atoms with Crippen LogP contribution >= 0.6 is 0 Å². The Hall–Kier alpha value is -1.91. The minimum atomic E-state index is -0.544. The molecule has 0 atom stereocenters. The highest BCUT2D eigenvalue weighted by molar-refractivity contribution is 5.95. The zero-order valence-electron chi connectivity index (χ0n) is 14.1. The summed E-state index contributed by atoms with van der Waals surface area (Å²) in [4.78, 5) is 25.2. The summed E-state index contributed by atoms with van der Waals surface area (Å²) in [6.07, 6.45) is 4.98. The molecule has 0 unspecified atom stereocenters. The van der Waals surface area contributed by atoms with Crippen molar-refractivity contribution in [2.45, 2.75) is 58.4 Å². The normalized spacial score (nSPS) is 16.0. The third-order valence-electron chi connectivity index (χ3n) is 4.15. The van der Waals surface area contributed by atoms with Crippen LogP contribution in [0.4, 0.5) is 4.39 Å². The van der Waals surface area contributed by atoms with Gasteiger partial charge >= 0.3 is 0 Å². The highest BCUT2D eigenvalue weighted by atomic mass is 19.1. The molecule has 2 rings (SSSR count). The summed E-state index contributed by atoms with van der Waals surface area (Å²) in [5, 5.41) is 1.41. The van der Waals surface area contributed by atoms with Crippen molar-refractivity contribution in [2.75, 3.05) is 0 Å². The molecule has 1 aromatic carbocycles. The number of hydrazine groups is 1. The first-order valence-electron chi connectivity index (χ1n) is 8.19. The number of nitrogens with zero attached hydrogens (tertiary/aromatic N) is 1. The van der Waals surface area contributed by atoms with Crippen LogP contribution < -0.4 is 5.43 Å². The topological polar surface area (TPSA) is 49.4 Å². The summed E-state index contributed by atoms with van der Waals surface area (Å²) < 4.78 is 13.3. The maximum Gasteiger partial charge on any atom is 0.269 e. The second-order valence-corrected chi connectivity index (χ2v) is 7.13. The second-order valence-electron chi connectivity index (χ2n) is 7.13. The molecule has 1 saturated carbocycles. The van der Waals surface area contributed by atoms with Crippen molar-refractivity contribution in [3.8, 4) is 0 Å². The zero-order valence-corrected chi connectivity index (χ0v) is 14.1. The van der Waals surface area contributed by atoms with Crippen molar-refractivity contribution < 1.29 is 14.0 Å². The largest absolute Gasteiger partial charge is 0.273 e. The molecule has 0 spiro atoms. The van der Waals surface area contributed by atoms with Gasteiger partial charge in [0.1, 0.15) is 5.82 Å². The summed E-state index contributed by atoms with van der Waals surface area (Å²) in [7, 11) is 0. The van der Waals surface area contributed by atoms with Gasteiger partial charge in [0, 0.05) is 11.5 Å². The van der Waals surface area contributed by atoms with Gasteiger partial charge < -0.3 is 0 Å². The summed E-state index contributed by atoms with van der Waals surface area (Å²) in [5.41, 5.74) is 2.34. The Labute approximate surface area is 137 Å². The molecule has 5 heteroatoms. The summed E-state index contributed by atoms with van der Waals surface area (Å²) in [6, 6.07) is 5.46. The molecule has 0 aromatic heterocycles. The van der Waals surface area contributed by atoms with Crippen molar-refractivity contribution in [3.63, 3.8) is 0 Å². The molecule has 0 bridgehead atoms. The first-order valence-corrected chi connectivity index (χ1v) is 8.19. The minimum Gasteiger partial charge on any atom is -0.273 e. The van der Waals surface area contributed by atoms with Gasteiger partial charge in [-0.15, -0.1) is 0 Å². The summed E-state index contributed by atoms with van der Waals surface area (Å²) in [5.74, 6) is -1.04. The van der Waals surface area contributed by atoms with Crippen LogP contribution in [0.2, 0.25) is 0 Å². The van der Waals surface area contributed by atoms with E-state index in [4.69, 9.17) is 0 Å². The number of rotatable bonds is 2. The van der Waals surface area contributed by atoms with E-state index in [9.17, 15) is 14.0 Å². The van der Waals surface area contributed by atoms with Gasteiger partial charge in [0.15, 0.2) is 0 Å². The number of amides is 2. The average molecular weight is 320 g/mol. The molecule has 1 fully saturated rings. The van der Waals surface area contributed by atoms with Crippen LogP contribution in [-0.2, 0) is 4.79 Å². The van der Waals surface area contributed by atoms with Crippen molar-refractivity contribution >= 4 is 11.8 Å². The van der Waals surface area contributed by atoms with Crippen LogP contribution in [0.1, 0.15) is 63.2 Å². The SMILES string of the molecule is CC(C)(C)N(NC(=O)c1cccc(F)c1)C(=O)C1CCCCC1. The Morgan fingerprint density at radius 3 is 2.39 bits per heavy atom. The number of nitrogens with one attached hydrogen (secondary N) is 1. The Balaban J connectivity index is 2.15. The monoisotopic (exact) mass is 320 g/mol. The van der Waals surface area contributed by atoms with E-state index in [0.717, 1.165) is 32.1 Å². The lowest BCUT2D eigenvalue weighted by Crippen LogP contribution is -2.57. The molecular weight excluding hydrogens is 295 g/mol. The van der Waals surface area contributed by atoms with Gasteiger partial charge in [-0.25, -0.2) is 9.40 Å². The number of carbonyl (C=O) groups is 2. The first-order chi connectivity index (χ1) is 10.8. The molecule has 1 N–H and O–H groups in total. The van der Waals surface area contributed by atoms with Crippen molar-refractivity contribution in [3.05, 3.63) is 35.6 Å². The lowest BCUT2D eigenvalue weighted by molar-refractivity contribution is -0.145. The lowest BCUT2D eigenvalue weighted by Gasteiger charge is -2.38. The van der Waals surface area contributed by atoms with E-state index in [1.165, 1.54) is 29.3 Å². The van der Waals surface area contributed by atoms with E-state index in [1.54, 1.807) is 0 Å². The van der Waals surface area contributed by atoms with Gasteiger partial charge in [-0.05, 0) is 51.8 Å². The predicted molar refractivity (Wildman–Crippen MR) is 87.0 cm³/mol. The van der Waals surface area contributed by atoms with Gasteiger partial charge in [0.05, 0.1) is 5.54 Å². The molecule has 126 valence electrons. The molecule has 23 heavy (non-hydrogen) atoms. The molecular formula is C18H25FN2O2. The van der Waals surface area contributed by atoms with Gasteiger partial charge in [0.2, 0.25) is 5.91 Å². The van der Waals surface area contributed by atoms with Gasteiger partial charge in [0.25, 0.3) is 5.91 Å². The summed E-state index contributed by atoms with van der Waals surface area (Å²) in [6.45, 7) is 5.62. The third-order valence-corrected chi connectivity index (χ3v) is 4.15. The van der Waals surface area contributed by atoms with E-state index in [-0.39, 0.29) is 17.4 Å². The Kier molecular flexibility index (Phi) is 5.39. The molecule has 0 saturated heterocycles. The number of halogens is 1. The fourth-order valence-corrected chi connectivity index (χ4v) is 2.88. The Bertz CT molecular complexity index is 575. The van der Waals surface area contributed by atoms with Crippen molar-refractivity contribution in [1.29, 1.82) is 0 Å². The number of hydrogen-bond acceptors (Lipinski definition) is 2. The molecule has 2 amide bonds. The predicted octanol–water partition coefficient (Wildman–Crippen LogP) is 3.68. The van der Waals surface area contributed by atoms with Crippen LogP contribution in [0.25, 0.3) is 0 Å². The highest BCUT2D eigenvalue weighted by Crippen LogP contribution is 2.27. The third kappa shape index (κ3) is 4.53. The van der Waals surface area contributed by atoms with Gasteiger partial charge in [-0.3, -0.25) is 15.0 Å². The Morgan fingerprint density at radius 2 is 1.83 bits per heavy atom.